The molecule has 1 aliphatic carbocycles. The van der Waals surface area contributed by atoms with E-state index in [0.29, 0.717) is 30.5 Å². The number of aromatic nitrogens is 4. The predicted molar refractivity (Wildman–Crippen MR) is 125 cm³/mol. The van der Waals surface area contributed by atoms with Crippen LogP contribution in [0.1, 0.15) is 24.5 Å². The maximum absolute atomic E-state index is 14.3. The molecular weight excluding hydrogens is 419 g/mol. The van der Waals surface area contributed by atoms with E-state index in [2.05, 4.69) is 27.8 Å². The number of ether oxygens (including phenoxy) is 1. The monoisotopic (exact) mass is 444 g/mol. The fourth-order valence-electron chi connectivity index (χ4n) is 4.40. The van der Waals surface area contributed by atoms with Crippen LogP contribution in [-0.4, -0.2) is 52.0 Å². The van der Waals surface area contributed by atoms with Gasteiger partial charge in [-0.1, -0.05) is 30.3 Å². The maximum Gasteiger partial charge on any atom is 0.157 e. The average molecular weight is 445 g/mol. The molecule has 1 aromatic carbocycles. The number of benzene rings is 1. The van der Waals surface area contributed by atoms with Crippen LogP contribution in [0.2, 0.25) is 0 Å². The minimum absolute atomic E-state index is 0.317. The van der Waals surface area contributed by atoms with E-state index >= 15 is 0 Å². The Labute approximate surface area is 191 Å². The van der Waals surface area contributed by atoms with E-state index in [1.54, 1.807) is 13.3 Å². The quantitative estimate of drug-likeness (QED) is 0.467. The van der Waals surface area contributed by atoms with Crippen molar-refractivity contribution < 1.29 is 9.13 Å². The van der Waals surface area contributed by atoms with Crippen LogP contribution in [0.15, 0.2) is 54.7 Å². The Morgan fingerprint density at radius 3 is 2.67 bits per heavy atom. The molecule has 1 aliphatic heterocycles. The lowest BCUT2D eigenvalue weighted by Gasteiger charge is -2.17. The Morgan fingerprint density at radius 1 is 1.09 bits per heavy atom. The smallest absolute Gasteiger partial charge is 0.157 e. The van der Waals surface area contributed by atoms with Gasteiger partial charge in [-0.3, -0.25) is 0 Å². The lowest BCUT2D eigenvalue weighted by molar-refractivity contribution is 0.342. The van der Waals surface area contributed by atoms with Crippen LogP contribution in [0.5, 0.6) is 5.75 Å². The molecular formula is C25H25FN6O. The van der Waals surface area contributed by atoms with Crippen LogP contribution in [-0.2, 0) is 0 Å². The van der Waals surface area contributed by atoms with Gasteiger partial charge < -0.3 is 15.4 Å². The van der Waals surface area contributed by atoms with Crippen molar-refractivity contribution in [2.24, 2.45) is 0 Å². The fraction of sp³-hybridized carbons (Fsp3) is 0.320. The number of methoxy groups -OCH3 is 1. The first-order valence-electron chi connectivity index (χ1n) is 11.3. The van der Waals surface area contributed by atoms with Gasteiger partial charge in [-0.2, -0.15) is 5.10 Å². The summed E-state index contributed by atoms with van der Waals surface area (Å²) in [7, 11) is 1.67. The number of rotatable bonds is 6. The fourth-order valence-corrected chi connectivity index (χ4v) is 4.40. The highest BCUT2D eigenvalue weighted by Crippen LogP contribution is 2.43. The summed E-state index contributed by atoms with van der Waals surface area (Å²) < 4.78 is 21.7. The lowest BCUT2D eigenvalue weighted by Crippen LogP contribution is -2.29. The Hall–Kier alpha value is -3.52. The number of nitrogens with one attached hydrogen (secondary N) is 2. The number of pyridine rings is 1. The molecule has 0 bridgehead atoms. The predicted octanol–water partition coefficient (Wildman–Crippen LogP) is 4.07. The second-order valence-electron chi connectivity index (χ2n) is 8.70. The number of anilines is 1. The molecule has 1 saturated carbocycles. The molecule has 33 heavy (non-hydrogen) atoms. The number of nitrogens with zero attached hydrogens (tertiary/aromatic N) is 4. The van der Waals surface area contributed by atoms with Crippen molar-refractivity contribution in [1.29, 1.82) is 0 Å². The number of hydrogen-bond acceptors (Lipinski definition) is 6. The summed E-state index contributed by atoms with van der Waals surface area (Å²) in [6.45, 7) is 0.918. The first-order chi connectivity index (χ1) is 16.2. The van der Waals surface area contributed by atoms with Crippen molar-refractivity contribution in [2.75, 3.05) is 25.5 Å². The minimum Gasteiger partial charge on any atom is -0.495 e. The van der Waals surface area contributed by atoms with Gasteiger partial charge in [0, 0.05) is 25.1 Å². The Bertz CT molecular complexity index is 1300. The third-order valence-electron chi connectivity index (χ3n) is 6.34. The van der Waals surface area contributed by atoms with Gasteiger partial charge in [0.25, 0.3) is 0 Å². The van der Waals surface area contributed by atoms with Gasteiger partial charge in [-0.25, -0.2) is 18.9 Å². The number of halogens is 1. The molecule has 1 saturated heterocycles. The standard InChI is InChI=1S/C25H25FN6O/c1-33-22-11-24-28-14-21(32(24)31-25(22)16-7-8-16)19-9-17(15-5-3-2-4-6-15)10-23(29-19)30-20-13-27-12-18(20)26/h2-6,9-11,14,16,18,20,27H,7-8,12-13H2,1H3,(H,29,30)/t18-,20-/m0/s1. The number of hydrogen-bond donors (Lipinski definition) is 2. The van der Waals surface area contributed by atoms with Gasteiger partial charge in [0.1, 0.15) is 29.1 Å². The van der Waals surface area contributed by atoms with Gasteiger partial charge >= 0.3 is 0 Å². The summed E-state index contributed by atoms with van der Waals surface area (Å²) in [4.78, 5) is 9.41. The molecule has 2 aliphatic rings. The number of fused-ring (bicyclic) bond motifs is 1. The molecule has 6 rings (SSSR count). The molecule has 4 aromatic rings. The summed E-state index contributed by atoms with van der Waals surface area (Å²) in [6, 6.07) is 15.7. The van der Waals surface area contributed by atoms with Crippen molar-refractivity contribution in [2.45, 2.75) is 31.0 Å². The summed E-state index contributed by atoms with van der Waals surface area (Å²) in [5.74, 6) is 1.84. The van der Waals surface area contributed by atoms with Crippen LogP contribution >= 0.6 is 0 Å². The van der Waals surface area contributed by atoms with Crippen molar-refractivity contribution in [3.05, 3.63) is 60.4 Å². The molecule has 7 nitrogen and oxygen atoms in total. The third-order valence-corrected chi connectivity index (χ3v) is 6.34. The Morgan fingerprint density at radius 2 is 1.94 bits per heavy atom. The average Bonchev–Trinajstić information content (AvgIpc) is 3.50. The lowest BCUT2D eigenvalue weighted by atomic mass is 10.0. The highest BCUT2D eigenvalue weighted by atomic mass is 19.1. The molecule has 0 radical (unpaired) electrons. The number of alkyl halides is 1. The topological polar surface area (TPSA) is 76.4 Å². The summed E-state index contributed by atoms with van der Waals surface area (Å²) in [5.41, 5.74) is 5.24. The minimum atomic E-state index is -0.957. The Kier molecular flexibility index (Phi) is 4.95. The van der Waals surface area contributed by atoms with Crippen molar-refractivity contribution in [3.8, 4) is 28.3 Å². The molecule has 8 heteroatoms. The highest BCUT2D eigenvalue weighted by molar-refractivity contribution is 5.73. The van der Waals surface area contributed by atoms with E-state index in [4.69, 9.17) is 14.8 Å². The SMILES string of the molecule is COc1cc2ncc(-c3cc(-c4ccccc4)cc(N[C@H]4CNC[C@@H]4F)n3)n2nc1C1CC1. The highest BCUT2D eigenvalue weighted by Gasteiger charge is 2.30. The summed E-state index contributed by atoms with van der Waals surface area (Å²) in [6.07, 6.45) is 3.07. The largest absolute Gasteiger partial charge is 0.495 e. The van der Waals surface area contributed by atoms with E-state index < -0.39 is 6.17 Å². The molecule has 2 N–H and O–H groups in total. The summed E-state index contributed by atoms with van der Waals surface area (Å²) in [5, 5.41) is 11.3. The second-order valence-corrected chi connectivity index (χ2v) is 8.70. The molecule has 0 amide bonds. The van der Waals surface area contributed by atoms with Crippen LogP contribution in [0.25, 0.3) is 28.2 Å². The van der Waals surface area contributed by atoms with Crippen LogP contribution in [0.3, 0.4) is 0 Å². The zero-order valence-electron chi connectivity index (χ0n) is 18.3. The number of imidazole rings is 1. The van der Waals surface area contributed by atoms with E-state index in [1.165, 1.54) is 0 Å². The maximum atomic E-state index is 14.3. The van der Waals surface area contributed by atoms with Gasteiger partial charge in [0.05, 0.1) is 25.0 Å². The van der Waals surface area contributed by atoms with Gasteiger partial charge in [0.15, 0.2) is 5.65 Å². The second kappa shape index (κ2) is 8.12. The molecule has 168 valence electrons. The van der Waals surface area contributed by atoms with Crippen LogP contribution < -0.4 is 15.4 Å². The first kappa shape index (κ1) is 20.1. The molecule has 2 fully saturated rings. The van der Waals surface area contributed by atoms with Gasteiger partial charge in [0.2, 0.25) is 0 Å². The van der Waals surface area contributed by atoms with Crippen molar-refractivity contribution in [1.82, 2.24) is 24.9 Å². The van der Waals surface area contributed by atoms with E-state index in [9.17, 15) is 4.39 Å². The van der Waals surface area contributed by atoms with Gasteiger partial charge in [-0.15, -0.1) is 0 Å². The first-order valence-corrected chi connectivity index (χ1v) is 11.3. The van der Waals surface area contributed by atoms with Gasteiger partial charge in [-0.05, 0) is 36.1 Å². The van der Waals surface area contributed by atoms with Crippen molar-refractivity contribution >= 4 is 11.5 Å². The third kappa shape index (κ3) is 3.80. The molecule has 0 spiro atoms. The Balaban J connectivity index is 1.47. The van der Waals surface area contributed by atoms with E-state index in [-0.39, 0.29) is 6.04 Å². The van der Waals surface area contributed by atoms with Crippen LogP contribution in [0, 0.1) is 0 Å². The van der Waals surface area contributed by atoms with Crippen LogP contribution in [0.4, 0.5) is 10.2 Å². The van der Waals surface area contributed by atoms with E-state index in [1.807, 2.05) is 40.9 Å². The zero-order chi connectivity index (χ0) is 22.4. The zero-order valence-corrected chi connectivity index (χ0v) is 18.3. The van der Waals surface area contributed by atoms with E-state index in [0.717, 1.165) is 46.8 Å². The molecule has 0 unspecified atom stereocenters. The normalized spacial score (nSPS) is 20.3. The molecule has 4 heterocycles. The molecule has 3 aromatic heterocycles. The summed E-state index contributed by atoms with van der Waals surface area (Å²) >= 11 is 0. The van der Waals surface area contributed by atoms with Crippen molar-refractivity contribution in [3.63, 3.8) is 0 Å². The molecule has 2 atom stereocenters.